The van der Waals surface area contributed by atoms with Crippen LogP contribution in [0.3, 0.4) is 0 Å². The Morgan fingerprint density at radius 3 is 2.64 bits per heavy atom. The van der Waals surface area contributed by atoms with Gasteiger partial charge in [-0.05, 0) is 55.0 Å². The molecule has 140 valence electrons. The van der Waals surface area contributed by atoms with Gasteiger partial charge in [0.2, 0.25) is 5.91 Å². The van der Waals surface area contributed by atoms with Crippen molar-refractivity contribution in [3.63, 3.8) is 0 Å². The molecule has 4 aromatic rings. The fraction of sp³-hybridized carbons (Fsp3) is 0.182. The predicted octanol–water partition coefficient (Wildman–Crippen LogP) is 3.51. The molecule has 6 heteroatoms. The predicted molar refractivity (Wildman–Crippen MR) is 108 cm³/mol. The molecule has 0 saturated carbocycles. The number of rotatable bonds is 6. The van der Waals surface area contributed by atoms with Crippen molar-refractivity contribution in [1.82, 2.24) is 24.8 Å². The number of nitrogens with zero attached hydrogens (tertiary/aromatic N) is 4. The highest BCUT2D eigenvalue weighted by molar-refractivity contribution is 5.85. The first-order valence-corrected chi connectivity index (χ1v) is 9.24. The fourth-order valence-corrected chi connectivity index (χ4v) is 3.29. The number of fused-ring (bicyclic) bond motifs is 1. The van der Waals surface area contributed by atoms with Gasteiger partial charge in [0.1, 0.15) is 5.65 Å². The molecular weight excluding hydrogens is 350 g/mol. The summed E-state index contributed by atoms with van der Waals surface area (Å²) in [7, 11) is 0. The number of aryl methyl sites for hydroxylation is 2. The zero-order chi connectivity index (χ0) is 19.3. The summed E-state index contributed by atoms with van der Waals surface area (Å²) in [6.45, 7) is 3.04. The number of carbonyl (C=O) groups excluding carboxylic acids is 1. The van der Waals surface area contributed by atoms with Gasteiger partial charge in [-0.15, -0.1) is 0 Å². The molecule has 0 saturated heterocycles. The highest BCUT2D eigenvalue weighted by Gasteiger charge is 2.14. The number of carbonyl (C=O) groups is 1. The van der Waals surface area contributed by atoms with Gasteiger partial charge >= 0.3 is 0 Å². The molecule has 0 fully saturated rings. The van der Waals surface area contributed by atoms with Crippen LogP contribution in [0.2, 0.25) is 0 Å². The largest absolute Gasteiger partial charge is 0.352 e. The van der Waals surface area contributed by atoms with E-state index in [1.54, 1.807) is 24.8 Å². The first kappa shape index (κ1) is 17.9. The van der Waals surface area contributed by atoms with Gasteiger partial charge in [-0.2, -0.15) is 0 Å². The summed E-state index contributed by atoms with van der Waals surface area (Å²) in [5.74, 6) is 0.00320. The highest BCUT2D eigenvalue weighted by Crippen LogP contribution is 2.28. The number of amides is 1. The Morgan fingerprint density at radius 2 is 1.82 bits per heavy atom. The van der Waals surface area contributed by atoms with Gasteiger partial charge in [-0.3, -0.25) is 14.8 Å². The third-order valence-corrected chi connectivity index (χ3v) is 4.74. The topological polar surface area (TPSA) is 72.7 Å². The zero-order valence-electron chi connectivity index (χ0n) is 15.7. The molecule has 4 rings (SSSR count). The smallest absolute Gasteiger partial charge is 0.222 e. The van der Waals surface area contributed by atoms with Crippen molar-refractivity contribution in [2.45, 2.75) is 26.4 Å². The van der Waals surface area contributed by atoms with E-state index in [0.29, 0.717) is 19.5 Å². The van der Waals surface area contributed by atoms with Crippen LogP contribution in [0.15, 0.2) is 67.3 Å². The molecule has 0 aliphatic carbocycles. The third-order valence-electron chi connectivity index (χ3n) is 4.74. The average molecular weight is 371 g/mol. The van der Waals surface area contributed by atoms with E-state index in [4.69, 9.17) is 0 Å². The van der Waals surface area contributed by atoms with Crippen molar-refractivity contribution in [3.8, 4) is 11.3 Å². The summed E-state index contributed by atoms with van der Waals surface area (Å²) >= 11 is 0. The van der Waals surface area contributed by atoms with Crippen molar-refractivity contribution < 1.29 is 4.79 Å². The van der Waals surface area contributed by atoms with E-state index in [2.05, 4.69) is 37.0 Å². The Balaban J connectivity index is 1.55. The maximum absolute atomic E-state index is 12.4. The molecule has 0 aliphatic heterocycles. The van der Waals surface area contributed by atoms with E-state index < -0.39 is 0 Å². The van der Waals surface area contributed by atoms with Gasteiger partial charge < -0.3 is 9.88 Å². The second-order valence-corrected chi connectivity index (χ2v) is 6.62. The summed E-state index contributed by atoms with van der Waals surface area (Å²) in [6.07, 6.45) is 7.39. The number of hydrogen-bond acceptors (Lipinski definition) is 4. The Labute approximate surface area is 163 Å². The molecule has 28 heavy (non-hydrogen) atoms. The summed E-state index contributed by atoms with van der Waals surface area (Å²) in [5, 5.41) is 4.02. The van der Waals surface area contributed by atoms with Gasteiger partial charge in [0.05, 0.1) is 5.69 Å². The lowest BCUT2D eigenvalue weighted by molar-refractivity contribution is -0.121. The lowest BCUT2D eigenvalue weighted by Crippen LogP contribution is -2.24. The van der Waals surface area contributed by atoms with Crippen LogP contribution in [0.25, 0.3) is 22.3 Å². The quantitative estimate of drug-likeness (QED) is 0.563. The third kappa shape index (κ3) is 3.76. The van der Waals surface area contributed by atoms with Gasteiger partial charge in [0, 0.05) is 60.9 Å². The standard InChI is InChI=1S/C22H21N5O/c1-16-19(5-3-9-24-16)20-14-18-4-2-10-25-22(18)27(20)13-8-21(28)26-15-17-6-11-23-12-7-17/h2-7,9-12,14H,8,13,15H2,1H3,(H,26,28). The summed E-state index contributed by atoms with van der Waals surface area (Å²) in [5.41, 5.74) is 4.94. The van der Waals surface area contributed by atoms with Crippen LogP contribution in [0.1, 0.15) is 17.7 Å². The van der Waals surface area contributed by atoms with E-state index >= 15 is 0 Å². The summed E-state index contributed by atoms with van der Waals surface area (Å²) < 4.78 is 2.10. The number of pyridine rings is 3. The molecule has 4 aromatic heterocycles. The molecule has 1 N–H and O–H groups in total. The van der Waals surface area contributed by atoms with E-state index in [9.17, 15) is 4.79 Å². The molecule has 4 heterocycles. The summed E-state index contributed by atoms with van der Waals surface area (Å²) in [6, 6.07) is 13.8. The molecule has 1 amide bonds. The second-order valence-electron chi connectivity index (χ2n) is 6.62. The van der Waals surface area contributed by atoms with Crippen molar-refractivity contribution >= 4 is 16.9 Å². The molecule has 0 unspecified atom stereocenters. The van der Waals surface area contributed by atoms with E-state index in [1.807, 2.05) is 37.3 Å². The number of nitrogens with one attached hydrogen (secondary N) is 1. The molecule has 0 aromatic carbocycles. The minimum absolute atomic E-state index is 0.00320. The van der Waals surface area contributed by atoms with Crippen molar-refractivity contribution in [2.24, 2.45) is 0 Å². The van der Waals surface area contributed by atoms with Crippen LogP contribution in [-0.2, 0) is 17.9 Å². The maximum Gasteiger partial charge on any atom is 0.222 e. The van der Waals surface area contributed by atoms with Crippen molar-refractivity contribution in [3.05, 3.63) is 78.5 Å². The molecule has 6 nitrogen and oxygen atoms in total. The van der Waals surface area contributed by atoms with E-state index in [1.165, 1.54) is 0 Å². The molecule has 0 radical (unpaired) electrons. The highest BCUT2D eigenvalue weighted by atomic mass is 16.1. The van der Waals surface area contributed by atoms with Crippen molar-refractivity contribution in [2.75, 3.05) is 0 Å². The number of aromatic nitrogens is 4. The first-order valence-electron chi connectivity index (χ1n) is 9.24. The van der Waals surface area contributed by atoms with Gasteiger partial charge in [0.15, 0.2) is 0 Å². The van der Waals surface area contributed by atoms with Crippen LogP contribution in [0.4, 0.5) is 0 Å². The fourth-order valence-electron chi connectivity index (χ4n) is 3.29. The molecule has 0 spiro atoms. The van der Waals surface area contributed by atoms with Gasteiger partial charge in [0.25, 0.3) is 0 Å². The van der Waals surface area contributed by atoms with Crippen LogP contribution < -0.4 is 5.32 Å². The minimum Gasteiger partial charge on any atom is -0.352 e. The average Bonchev–Trinajstić information content (AvgIpc) is 3.10. The Kier molecular flexibility index (Phi) is 5.10. The van der Waals surface area contributed by atoms with E-state index in [0.717, 1.165) is 33.5 Å². The van der Waals surface area contributed by atoms with Crippen molar-refractivity contribution in [1.29, 1.82) is 0 Å². The normalized spacial score (nSPS) is 10.9. The molecule has 0 atom stereocenters. The Bertz CT molecular complexity index is 1100. The lowest BCUT2D eigenvalue weighted by Gasteiger charge is -2.12. The SMILES string of the molecule is Cc1ncccc1-c1cc2cccnc2n1CCC(=O)NCc1ccncc1. The molecular formula is C22H21N5O. The van der Waals surface area contributed by atoms with E-state index in [-0.39, 0.29) is 5.91 Å². The zero-order valence-corrected chi connectivity index (χ0v) is 15.7. The monoisotopic (exact) mass is 371 g/mol. The van der Waals surface area contributed by atoms with Crippen LogP contribution in [0, 0.1) is 6.92 Å². The molecule has 0 bridgehead atoms. The van der Waals surface area contributed by atoms with Gasteiger partial charge in [-0.1, -0.05) is 0 Å². The lowest BCUT2D eigenvalue weighted by atomic mass is 10.1. The van der Waals surface area contributed by atoms with Crippen LogP contribution >= 0.6 is 0 Å². The van der Waals surface area contributed by atoms with Crippen LogP contribution in [0.5, 0.6) is 0 Å². The van der Waals surface area contributed by atoms with Crippen LogP contribution in [-0.4, -0.2) is 25.4 Å². The number of hydrogen-bond donors (Lipinski definition) is 1. The minimum atomic E-state index is 0.00320. The molecule has 0 aliphatic rings. The summed E-state index contributed by atoms with van der Waals surface area (Å²) in [4.78, 5) is 25.3. The maximum atomic E-state index is 12.4. The Hall–Kier alpha value is -3.54. The second kappa shape index (κ2) is 8.00. The van der Waals surface area contributed by atoms with Gasteiger partial charge in [-0.25, -0.2) is 4.98 Å². The first-order chi connectivity index (χ1) is 13.7. The Morgan fingerprint density at radius 1 is 1.04 bits per heavy atom.